The molecule has 0 aliphatic carbocycles. The quantitative estimate of drug-likeness (QED) is 0.373. The maximum absolute atomic E-state index is 13.0. The van der Waals surface area contributed by atoms with Gasteiger partial charge in [-0.15, -0.1) is 0 Å². The molecule has 4 aromatic rings. The van der Waals surface area contributed by atoms with Crippen LogP contribution in [0.5, 0.6) is 0 Å². The van der Waals surface area contributed by atoms with Crippen LogP contribution in [0.25, 0.3) is 16.7 Å². The number of carbonyl (C=O) groups excluding carboxylic acids is 2. The number of anilines is 1. The molecule has 0 aliphatic rings. The third kappa shape index (κ3) is 4.06. The number of ether oxygens (including phenoxy) is 1. The Hall–Kier alpha value is -3.91. The van der Waals surface area contributed by atoms with Gasteiger partial charge in [-0.3, -0.25) is 4.79 Å². The molecule has 2 heterocycles. The number of para-hydroxylation sites is 1. The van der Waals surface area contributed by atoms with E-state index >= 15 is 0 Å². The number of rotatable bonds is 5. The van der Waals surface area contributed by atoms with Gasteiger partial charge in [0.05, 0.1) is 18.5 Å². The van der Waals surface area contributed by atoms with Crippen LogP contribution in [0.1, 0.15) is 27.6 Å². The fourth-order valence-corrected chi connectivity index (χ4v) is 3.20. The predicted molar refractivity (Wildman–Crippen MR) is 115 cm³/mol. The molecule has 0 aliphatic heterocycles. The van der Waals surface area contributed by atoms with E-state index in [4.69, 9.17) is 20.8 Å². The van der Waals surface area contributed by atoms with Crippen molar-refractivity contribution in [3.8, 4) is 5.69 Å². The SMILES string of the molecule is CCOC(=O)c1cnn(-c2ccccc2)c1NC(=O)c1cc2cc(Cl)ccc2oc1=O. The zero-order chi connectivity index (χ0) is 22.0. The summed E-state index contributed by atoms with van der Waals surface area (Å²) in [6.45, 7) is 1.82. The van der Waals surface area contributed by atoms with E-state index in [0.29, 0.717) is 21.7 Å². The lowest BCUT2D eigenvalue weighted by atomic mass is 10.1. The molecule has 0 radical (unpaired) electrons. The molecule has 4 rings (SSSR count). The number of esters is 1. The van der Waals surface area contributed by atoms with Crippen molar-refractivity contribution >= 4 is 40.3 Å². The Kier molecular flexibility index (Phi) is 5.55. The van der Waals surface area contributed by atoms with Crippen molar-refractivity contribution < 1.29 is 18.7 Å². The second kappa shape index (κ2) is 8.45. The summed E-state index contributed by atoms with van der Waals surface area (Å²) in [4.78, 5) is 37.8. The van der Waals surface area contributed by atoms with E-state index in [1.807, 2.05) is 6.07 Å². The number of fused-ring (bicyclic) bond motifs is 1. The Morgan fingerprint density at radius 1 is 1.13 bits per heavy atom. The van der Waals surface area contributed by atoms with E-state index < -0.39 is 17.5 Å². The first-order valence-corrected chi connectivity index (χ1v) is 9.71. The van der Waals surface area contributed by atoms with Gasteiger partial charge >= 0.3 is 11.6 Å². The average molecular weight is 438 g/mol. The number of aromatic nitrogens is 2. The lowest BCUT2D eigenvalue weighted by Gasteiger charge is -2.11. The second-order valence-corrected chi connectivity index (χ2v) is 6.89. The highest BCUT2D eigenvalue weighted by molar-refractivity contribution is 6.31. The van der Waals surface area contributed by atoms with Crippen LogP contribution >= 0.6 is 11.6 Å². The van der Waals surface area contributed by atoms with E-state index in [1.165, 1.54) is 16.9 Å². The number of amides is 1. The Balaban J connectivity index is 1.78. The van der Waals surface area contributed by atoms with Gasteiger partial charge in [-0.1, -0.05) is 29.8 Å². The largest absolute Gasteiger partial charge is 0.462 e. The third-order valence-electron chi connectivity index (χ3n) is 4.44. The summed E-state index contributed by atoms with van der Waals surface area (Å²) >= 11 is 6.00. The molecule has 0 fully saturated rings. The molecule has 156 valence electrons. The van der Waals surface area contributed by atoms with Crippen LogP contribution in [0.15, 0.2) is 70.0 Å². The smallest absolute Gasteiger partial charge is 0.349 e. The summed E-state index contributed by atoms with van der Waals surface area (Å²) in [6, 6.07) is 15.0. The molecule has 0 spiro atoms. The summed E-state index contributed by atoms with van der Waals surface area (Å²) in [7, 11) is 0. The highest BCUT2D eigenvalue weighted by Crippen LogP contribution is 2.23. The molecule has 31 heavy (non-hydrogen) atoms. The van der Waals surface area contributed by atoms with Crippen molar-refractivity contribution in [1.82, 2.24) is 9.78 Å². The van der Waals surface area contributed by atoms with Crippen LogP contribution < -0.4 is 10.9 Å². The van der Waals surface area contributed by atoms with Gasteiger partial charge in [0.15, 0.2) is 5.82 Å². The van der Waals surface area contributed by atoms with Gasteiger partial charge in [0.1, 0.15) is 16.7 Å². The highest BCUT2D eigenvalue weighted by atomic mass is 35.5. The molecular weight excluding hydrogens is 422 g/mol. The first kappa shape index (κ1) is 20.4. The fraction of sp³-hybridized carbons (Fsp3) is 0.0909. The van der Waals surface area contributed by atoms with Crippen molar-refractivity contribution in [1.29, 1.82) is 0 Å². The first-order chi connectivity index (χ1) is 15.0. The number of halogens is 1. The zero-order valence-corrected chi connectivity index (χ0v) is 17.1. The molecule has 1 N–H and O–H groups in total. The number of hydrogen-bond acceptors (Lipinski definition) is 6. The van der Waals surface area contributed by atoms with Crippen molar-refractivity contribution in [2.45, 2.75) is 6.92 Å². The maximum atomic E-state index is 13.0. The Morgan fingerprint density at radius 2 is 1.90 bits per heavy atom. The van der Waals surface area contributed by atoms with E-state index in [2.05, 4.69) is 10.4 Å². The van der Waals surface area contributed by atoms with Crippen LogP contribution in [-0.4, -0.2) is 28.3 Å². The van der Waals surface area contributed by atoms with E-state index in [-0.39, 0.29) is 23.6 Å². The molecule has 0 unspecified atom stereocenters. The summed E-state index contributed by atoms with van der Waals surface area (Å²) < 4.78 is 11.7. The van der Waals surface area contributed by atoms with Crippen LogP contribution in [0.3, 0.4) is 0 Å². The monoisotopic (exact) mass is 437 g/mol. The summed E-state index contributed by atoms with van der Waals surface area (Å²) in [5.74, 6) is -1.35. The molecule has 2 aromatic carbocycles. The minimum Gasteiger partial charge on any atom is -0.462 e. The van der Waals surface area contributed by atoms with Gasteiger partial charge in [-0.25, -0.2) is 14.3 Å². The van der Waals surface area contributed by atoms with Gasteiger partial charge in [0, 0.05) is 10.4 Å². The molecule has 9 heteroatoms. The molecular formula is C22H16ClN3O5. The molecule has 0 saturated heterocycles. The number of nitrogens with zero attached hydrogens (tertiary/aromatic N) is 2. The first-order valence-electron chi connectivity index (χ1n) is 9.33. The summed E-state index contributed by atoms with van der Waals surface area (Å²) in [6.07, 6.45) is 1.29. The lowest BCUT2D eigenvalue weighted by molar-refractivity contribution is 0.0527. The lowest BCUT2D eigenvalue weighted by Crippen LogP contribution is -2.23. The summed E-state index contributed by atoms with van der Waals surface area (Å²) in [5.41, 5.74) is -0.119. The molecule has 1 amide bonds. The van der Waals surface area contributed by atoms with Gasteiger partial charge in [0.2, 0.25) is 0 Å². The maximum Gasteiger partial charge on any atom is 0.349 e. The van der Waals surface area contributed by atoms with Crippen molar-refractivity contribution in [3.63, 3.8) is 0 Å². The number of carbonyl (C=O) groups is 2. The normalized spacial score (nSPS) is 10.8. The van der Waals surface area contributed by atoms with Gasteiger partial charge in [0.25, 0.3) is 5.91 Å². The average Bonchev–Trinajstić information content (AvgIpc) is 3.18. The topological polar surface area (TPSA) is 103 Å². The van der Waals surface area contributed by atoms with Crippen molar-refractivity contribution in [2.75, 3.05) is 11.9 Å². The molecule has 2 aromatic heterocycles. The van der Waals surface area contributed by atoms with Gasteiger partial charge in [-0.05, 0) is 43.3 Å². The minimum absolute atomic E-state index is 0.0484. The van der Waals surface area contributed by atoms with Crippen LogP contribution in [-0.2, 0) is 4.74 Å². The zero-order valence-electron chi connectivity index (χ0n) is 16.3. The summed E-state index contributed by atoms with van der Waals surface area (Å²) in [5, 5.41) is 7.72. The molecule has 0 atom stereocenters. The highest BCUT2D eigenvalue weighted by Gasteiger charge is 2.23. The van der Waals surface area contributed by atoms with Gasteiger partial charge < -0.3 is 14.5 Å². The number of hydrogen-bond donors (Lipinski definition) is 1. The van der Waals surface area contributed by atoms with E-state index in [1.54, 1.807) is 49.4 Å². The van der Waals surface area contributed by atoms with Crippen molar-refractivity contribution in [3.05, 3.63) is 87.4 Å². The Morgan fingerprint density at radius 3 is 2.65 bits per heavy atom. The van der Waals surface area contributed by atoms with E-state index in [0.717, 1.165) is 0 Å². The Bertz CT molecular complexity index is 1340. The predicted octanol–water partition coefficient (Wildman–Crippen LogP) is 4.06. The van der Waals surface area contributed by atoms with Crippen LogP contribution in [0.2, 0.25) is 5.02 Å². The standard InChI is InChI=1S/C22H16ClN3O5/c1-2-30-21(28)17-12-24-26(15-6-4-3-5-7-15)19(17)25-20(27)16-11-13-10-14(23)8-9-18(13)31-22(16)29/h3-12H,2H2,1H3,(H,25,27). The van der Waals surface area contributed by atoms with Crippen molar-refractivity contribution in [2.24, 2.45) is 0 Å². The second-order valence-electron chi connectivity index (χ2n) is 6.46. The van der Waals surface area contributed by atoms with Gasteiger partial charge in [-0.2, -0.15) is 5.10 Å². The van der Waals surface area contributed by atoms with Crippen LogP contribution in [0, 0.1) is 0 Å². The van der Waals surface area contributed by atoms with E-state index in [9.17, 15) is 14.4 Å². The molecule has 0 bridgehead atoms. The Labute approximate surface area is 181 Å². The number of benzene rings is 2. The number of nitrogens with one attached hydrogen (secondary N) is 1. The minimum atomic E-state index is -0.823. The molecule has 0 saturated carbocycles. The third-order valence-corrected chi connectivity index (χ3v) is 4.67. The molecule has 8 nitrogen and oxygen atoms in total. The fourth-order valence-electron chi connectivity index (χ4n) is 3.02. The van der Waals surface area contributed by atoms with Crippen LogP contribution in [0.4, 0.5) is 5.82 Å².